The van der Waals surface area contributed by atoms with Crippen LogP contribution in [0.4, 0.5) is 0 Å². The maximum Gasteiger partial charge on any atom is 0.339 e. The van der Waals surface area contributed by atoms with Gasteiger partial charge < -0.3 is 9.84 Å². The topological polar surface area (TPSA) is 83.9 Å². The molecule has 20 heavy (non-hydrogen) atoms. The van der Waals surface area contributed by atoms with Gasteiger partial charge in [-0.1, -0.05) is 0 Å². The highest BCUT2D eigenvalue weighted by atomic mass is 32.2. The van der Waals surface area contributed by atoms with Crippen molar-refractivity contribution < 1.29 is 23.1 Å². The lowest BCUT2D eigenvalue weighted by molar-refractivity contribution is 0.0691. The van der Waals surface area contributed by atoms with Gasteiger partial charge in [0, 0.05) is 14.1 Å². The molecule has 0 unspecified atom stereocenters. The van der Waals surface area contributed by atoms with Gasteiger partial charge in [0.2, 0.25) is 10.0 Å². The number of benzene rings is 1. The van der Waals surface area contributed by atoms with Crippen LogP contribution < -0.4 is 4.74 Å². The molecule has 0 spiro atoms. The van der Waals surface area contributed by atoms with Crippen molar-refractivity contribution in [3.8, 4) is 5.75 Å². The third kappa shape index (κ3) is 3.10. The zero-order valence-electron chi connectivity index (χ0n) is 11.4. The fraction of sp³-hybridized carbons (Fsp3) is 0.462. The Morgan fingerprint density at radius 3 is 2.55 bits per heavy atom. The lowest BCUT2D eigenvalue weighted by Crippen LogP contribution is -2.22. The van der Waals surface area contributed by atoms with E-state index in [2.05, 4.69) is 0 Å². The van der Waals surface area contributed by atoms with Gasteiger partial charge in [-0.25, -0.2) is 17.5 Å². The number of carbonyl (C=O) groups is 1. The number of sulfonamides is 1. The molecule has 6 nitrogen and oxygen atoms in total. The molecule has 1 aromatic carbocycles. The molecule has 1 aliphatic carbocycles. The van der Waals surface area contributed by atoms with E-state index in [0.29, 0.717) is 12.5 Å². The van der Waals surface area contributed by atoms with Gasteiger partial charge in [-0.2, -0.15) is 0 Å². The number of carboxylic acid groups (broad SMARTS) is 1. The van der Waals surface area contributed by atoms with E-state index in [1.165, 1.54) is 26.2 Å². The average Bonchev–Trinajstić information content (AvgIpc) is 3.19. The molecule has 110 valence electrons. The van der Waals surface area contributed by atoms with E-state index in [-0.39, 0.29) is 16.2 Å². The van der Waals surface area contributed by atoms with Crippen LogP contribution in [0.3, 0.4) is 0 Å². The van der Waals surface area contributed by atoms with Crippen molar-refractivity contribution in [2.75, 3.05) is 20.7 Å². The first-order chi connectivity index (χ1) is 9.32. The van der Waals surface area contributed by atoms with E-state index in [1.807, 2.05) is 0 Å². The van der Waals surface area contributed by atoms with Crippen LogP contribution in [0.25, 0.3) is 0 Å². The van der Waals surface area contributed by atoms with Crippen molar-refractivity contribution in [2.45, 2.75) is 17.7 Å². The Morgan fingerprint density at radius 1 is 1.40 bits per heavy atom. The first-order valence-corrected chi connectivity index (χ1v) is 7.69. The van der Waals surface area contributed by atoms with E-state index in [0.717, 1.165) is 23.2 Å². The molecule has 1 saturated carbocycles. The molecule has 0 heterocycles. The van der Waals surface area contributed by atoms with Gasteiger partial charge in [0.05, 0.1) is 11.5 Å². The zero-order chi connectivity index (χ0) is 14.9. The van der Waals surface area contributed by atoms with E-state index >= 15 is 0 Å². The van der Waals surface area contributed by atoms with Crippen LogP contribution in [0.1, 0.15) is 23.2 Å². The zero-order valence-corrected chi connectivity index (χ0v) is 12.2. The SMILES string of the molecule is CN(C)S(=O)(=O)c1ccc(OCC2CC2)c(C(=O)O)c1. The second-order valence-electron chi connectivity index (χ2n) is 5.00. The van der Waals surface area contributed by atoms with Crippen molar-refractivity contribution in [2.24, 2.45) is 5.92 Å². The van der Waals surface area contributed by atoms with Crippen molar-refractivity contribution in [3.05, 3.63) is 23.8 Å². The molecule has 0 saturated heterocycles. The number of rotatable bonds is 6. The van der Waals surface area contributed by atoms with Crippen molar-refractivity contribution in [1.29, 1.82) is 0 Å². The van der Waals surface area contributed by atoms with E-state index in [9.17, 15) is 18.3 Å². The lowest BCUT2D eigenvalue weighted by Gasteiger charge is -2.14. The smallest absolute Gasteiger partial charge is 0.339 e. The van der Waals surface area contributed by atoms with Gasteiger partial charge in [0.15, 0.2) is 0 Å². The highest BCUT2D eigenvalue weighted by Crippen LogP contribution is 2.31. The Balaban J connectivity index is 2.33. The van der Waals surface area contributed by atoms with E-state index in [4.69, 9.17) is 4.74 Å². The minimum absolute atomic E-state index is 0.0568. The molecular formula is C13H17NO5S. The summed E-state index contributed by atoms with van der Waals surface area (Å²) in [6, 6.07) is 3.91. The van der Waals surface area contributed by atoms with Crippen molar-refractivity contribution in [3.63, 3.8) is 0 Å². The molecule has 0 amide bonds. The third-order valence-corrected chi connectivity index (χ3v) is 4.94. The first-order valence-electron chi connectivity index (χ1n) is 6.25. The second kappa shape index (κ2) is 5.41. The highest BCUT2D eigenvalue weighted by molar-refractivity contribution is 7.89. The lowest BCUT2D eigenvalue weighted by atomic mass is 10.2. The van der Waals surface area contributed by atoms with Gasteiger partial charge in [0.1, 0.15) is 11.3 Å². The van der Waals surface area contributed by atoms with Gasteiger partial charge >= 0.3 is 5.97 Å². The fourth-order valence-corrected chi connectivity index (χ4v) is 2.59. The van der Waals surface area contributed by atoms with Gasteiger partial charge in [-0.3, -0.25) is 0 Å². The average molecular weight is 299 g/mol. The summed E-state index contributed by atoms with van der Waals surface area (Å²) in [5.74, 6) is -0.504. The van der Waals surface area contributed by atoms with Crippen LogP contribution in [0.5, 0.6) is 5.75 Å². The number of carboxylic acids is 1. The molecule has 1 aliphatic rings. The Morgan fingerprint density at radius 2 is 2.05 bits per heavy atom. The van der Waals surface area contributed by atoms with Gasteiger partial charge in [-0.15, -0.1) is 0 Å². The number of nitrogens with zero attached hydrogens (tertiary/aromatic N) is 1. The Bertz CT molecular complexity index is 620. The summed E-state index contributed by atoms with van der Waals surface area (Å²) in [6.07, 6.45) is 2.19. The minimum Gasteiger partial charge on any atom is -0.492 e. The van der Waals surface area contributed by atoms with Crippen LogP contribution in [0.2, 0.25) is 0 Å². The highest BCUT2D eigenvalue weighted by Gasteiger charge is 2.25. The molecule has 1 fully saturated rings. The van der Waals surface area contributed by atoms with Crippen LogP contribution in [0, 0.1) is 5.92 Å². The van der Waals surface area contributed by atoms with Crippen molar-refractivity contribution >= 4 is 16.0 Å². The monoisotopic (exact) mass is 299 g/mol. The Labute approximate surface area is 118 Å². The molecule has 0 radical (unpaired) electrons. The van der Waals surface area contributed by atoms with E-state index < -0.39 is 16.0 Å². The summed E-state index contributed by atoms with van der Waals surface area (Å²) < 4.78 is 30.5. The quantitative estimate of drug-likeness (QED) is 0.859. The second-order valence-corrected chi connectivity index (χ2v) is 7.16. The van der Waals surface area contributed by atoms with Crippen LogP contribution in [-0.2, 0) is 10.0 Å². The Hall–Kier alpha value is -1.60. The maximum atomic E-state index is 12.0. The van der Waals surface area contributed by atoms with Crippen molar-refractivity contribution in [1.82, 2.24) is 4.31 Å². The van der Waals surface area contributed by atoms with Gasteiger partial charge in [0.25, 0.3) is 0 Å². The molecule has 0 aromatic heterocycles. The summed E-state index contributed by atoms with van der Waals surface area (Å²) in [6.45, 7) is 0.472. The van der Waals surface area contributed by atoms with E-state index in [1.54, 1.807) is 0 Å². The molecule has 1 aromatic rings. The summed E-state index contributed by atoms with van der Waals surface area (Å²) >= 11 is 0. The summed E-state index contributed by atoms with van der Waals surface area (Å²) in [4.78, 5) is 11.2. The normalized spacial score (nSPS) is 15.3. The predicted octanol–water partition coefficient (Wildman–Crippen LogP) is 1.42. The number of aromatic carboxylic acids is 1. The molecule has 2 rings (SSSR count). The molecule has 0 bridgehead atoms. The fourth-order valence-electron chi connectivity index (χ4n) is 1.67. The summed E-state index contributed by atoms with van der Waals surface area (Å²) in [5.41, 5.74) is -0.131. The molecule has 0 atom stereocenters. The number of ether oxygens (including phenoxy) is 1. The third-order valence-electron chi connectivity index (χ3n) is 3.13. The Kier molecular flexibility index (Phi) is 4.01. The summed E-state index contributed by atoms with van der Waals surface area (Å²) in [5, 5.41) is 9.19. The summed E-state index contributed by atoms with van der Waals surface area (Å²) in [7, 11) is -0.862. The molecule has 7 heteroatoms. The maximum absolute atomic E-state index is 12.0. The standard InChI is InChI=1S/C13H17NO5S/c1-14(2)20(17,18)10-5-6-12(11(7-10)13(15)16)19-8-9-3-4-9/h5-7,9H,3-4,8H2,1-2H3,(H,15,16). The van der Waals surface area contributed by atoms with Crippen LogP contribution in [-0.4, -0.2) is 44.5 Å². The molecular weight excluding hydrogens is 282 g/mol. The number of hydrogen-bond donors (Lipinski definition) is 1. The molecule has 1 N–H and O–H groups in total. The number of hydrogen-bond acceptors (Lipinski definition) is 4. The predicted molar refractivity (Wildman–Crippen MR) is 72.5 cm³/mol. The largest absolute Gasteiger partial charge is 0.492 e. The first kappa shape index (κ1) is 14.8. The molecule has 0 aliphatic heterocycles. The minimum atomic E-state index is -3.65. The van der Waals surface area contributed by atoms with Gasteiger partial charge in [-0.05, 0) is 37.0 Å². The van der Waals surface area contributed by atoms with Crippen LogP contribution in [0.15, 0.2) is 23.1 Å². The van der Waals surface area contributed by atoms with Crippen LogP contribution >= 0.6 is 0 Å².